The Morgan fingerprint density at radius 2 is 1.48 bits per heavy atom. The van der Waals surface area contributed by atoms with Crippen molar-refractivity contribution in [2.24, 2.45) is 10.8 Å². The molecule has 0 rings (SSSR count). The van der Waals surface area contributed by atoms with Crippen molar-refractivity contribution in [2.75, 3.05) is 19.8 Å². The lowest BCUT2D eigenvalue weighted by Gasteiger charge is -2.19. The van der Waals surface area contributed by atoms with Crippen molar-refractivity contribution in [1.29, 1.82) is 0 Å². The molecule has 0 aromatic rings. The number of rotatable bonds is 9. The second kappa shape index (κ2) is 9.47. The lowest BCUT2D eigenvalue weighted by molar-refractivity contribution is -0.121. The van der Waals surface area contributed by atoms with Crippen LogP contribution in [0.1, 0.15) is 60.8 Å². The molecule has 5 heteroatoms. The van der Waals surface area contributed by atoms with Crippen molar-refractivity contribution < 1.29 is 14.1 Å². The van der Waals surface area contributed by atoms with Crippen LogP contribution in [0.15, 0.2) is 0 Å². The molecule has 0 aromatic heterocycles. The van der Waals surface area contributed by atoms with Crippen molar-refractivity contribution in [3.05, 3.63) is 0 Å². The first-order chi connectivity index (χ1) is 9.49. The van der Waals surface area contributed by atoms with E-state index in [0.717, 1.165) is 19.4 Å². The number of hydrogen-bond donors (Lipinski definition) is 1. The standard InChI is InChI=1S/C16H34BNO3/c1-15(2,3)9-11-18-14(19)8-12-20-17(7)21-13-10-16(4,5)6/h8-13H2,1-7H3,(H,18,19). The summed E-state index contributed by atoms with van der Waals surface area (Å²) in [4.78, 5) is 11.6. The summed E-state index contributed by atoms with van der Waals surface area (Å²) in [7, 11) is -0.255. The highest BCUT2D eigenvalue weighted by Crippen LogP contribution is 2.18. The maximum absolute atomic E-state index is 11.6. The van der Waals surface area contributed by atoms with E-state index >= 15 is 0 Å². The third-order valence-electron chi connectivity index (χ3n) is 3.08. The van der Waals surface area contributed by atoms with Gasteiger partial charge in [0.15, 0.2) is 0 Å². The van der Waals surface area contributed by atoms with E-state index in [4.69, 9.17) is 9.31 Å². The molecule has 21 heavy (non-hydrogen) atoms. The summed E-state index contributed by atoms with van der Waals surface area (Å²) in [6, 6.07) is 0. The van der Waals surface area contributed by atoms with E-state index in [-0.39, 0.29) is 23.9 Å². The summed E-state index contributed by atoms with van der Waals surface area (Å²) in [5.41, 5.74) is 0.520. The van der Waals surface area contributed by atoms with E-state index in [9.17, 15) is 4.79 Å². The fraction of sp³-hybridized carbons (Fsp3) is 0.938. The molecule has 0 atom stereocenters. The Bertz CT molecular complexity index is 295. The van der Waals surface area contributed by atoms with Gasteiger partial charge >= 0.3 is 7.12 Å². The minimum absolute atomic E-state index is 0.0427. The van der Waals surface area contributed by atoms with Gasteiger partial charge in [-0.05, 0) is 30.5 Å². The van der Waals surface area contributed by atoms with E-state index in [1.54, 1.807) is 0 Å². The smallest absolute Gasteiger partial charge is 0.411 e. The van der Waals surface area contributed by atoms with Gasteiger partial charge in [0.25, 0.3) is 0 Å². The first-order valence-electron chi connectivity index (χ1n) is 7.99. The van der Waals surface area contributed by atoms with Gasteiger partial charge in [0.1, 0.15) is 0 Å². The van der Waals surface area contributed by atoms with E-state index in [1.165, 1.54) is 0 Å². The molecule has 124 valence electrons. The fourth-order valence-corrected chi connectivity index (χ4v) is 1.56. The van der Waals surface area contributed by atoms with Gasteiger partial charge in [-0.2, -0.15) is 0 Å². The fourth-order valence-electron chi connectivity index (χ4n) is 1.56. The second-order valence-electron chi connectivity index (χ2n) is 8.03. The molecule has 0 spiro atoms. The first kappa shape index (κ1) is 20.5. The molecule has 0 radical (unpaired) electrons. The molecule has 1 amide bonds. The summed E-state index contributed by atoms with van der Waals surface area (Å²) >= 11 is 0. The zero-order valence-electron chi connectivity index (χ0n) is 15.0. The Morgan fingerprint density at radius 3 is 2.00 bits per heavy atom. The third kappa shape index (κ3) is 15.7. The van der Waals surface area contributed by atoms with Gasteiger partial charge in [-0.15, -0.1) is 0 Å². The minimum atomic E-state index is -0.255. The first-order valence-corrected chi connectivity index (χ1v) is 7.99. The molecule has 0 aliphatic heterocycles. The van der Waals surface area contributed by atoms with E-state index in [1.807, 2.05) is 6.82 Å². The highest BCUT2D eigenvalue weighted by Gasteiger charge is 2.15. The van der Waals surface area contributed by atoms with Crippen LogP contribution in [0.25, 0.3) is 0 Å². The van der Waals surface area contributed by atoms with Gasteiger partial charge in [0, 0.05) is 26.2 Å². The Labute approximate surface area is 131 Å². The largest absolute Gasteiger partial charge is 0.453 e. The lowest BCUT2D eigenvalue weighted by atomic mass is 9.91. The number of carbonyl (C=O) groups excluding carboxylic acids is 1. The molecular weight excluding hydrogens is 265 g/mol. The van der Waals surface area contributed by atoms with Crippen molar-refractivity contribution in [1.82, 2.24) is 5.32 Å². The summed E-state index contributed by atoms with van der Waals surface area (Å²) in [6.07, 6.45) is 2.36. The highest BCUT2D eigenvalue weighted by molar-refractivity contribution is 6.42. The molecule has 0 unspecified atom stereocenters. The predicted octanol–water partition coefficient (Wildman–Crippen LogP) is 3.52. The number of amides is 1. The topological polar surface area (TPSA) is 47.6 Å². The Kier molecular flexibility index (Phi) is 9.22. The normalized spacial score (nSPS) is 12.3. The van der Waals surface area contributed by atoms with E-state index in [0.29, 0.717) is 19.6 Å². The van der Waals surface area contributed by atoms with Crippen molar-refractivity contribution in [3.8, 4) is 0 Å². The van der Waals surface area contributed by atoms with E-state index in [2.05, 4.69) is 46.9 Å². The third-order valence-corrected chi connectivity index (χ3v) is 3.08. The van der Waals surface area contributed by atoms with Gasteiger partial charge in [-0.1, -0.05) is 41.5 Å². The van der Waals surface area contributed by atoms with Crippen LogP contribution in [-0.4, -0.2) is 32.8 Å². The van der Waals surface area contributed by atoms with E-state index < -0.39 is 0 Å². The molecule has 0 fully saturated rings. The maximum atomic E-state index is 11.6. The molecule has 0 heterocycles. The maximum Gasteiger partial charge on any atom is 0.453 e. The lowest BCUT2D eigenvalue weighted by Crippen LogP contribution is -2.29. The number of nitrogens with one attached hydrogen (secondary N) is 1. The van der Waals surface area contributed by atoms with Crippen LogP contribution in [0.4, 0.5) is 0 Å². The quantitative estimate of drug-likeness (QED) is 0.663. The average molecular weight is 299 g/mol. The zero-order chi connectivity index (χ0) is 16.5. The van der Waals surface area contributed by atoms with Crippen molar-refractivity contribution in [2.45, 2.75) is 67.6 Å². The highest BCUT2D eigenvalue weighted by atomic mass is 16.6. The van der Waals surface area contributed by atoms with Gasteiger partial charge in [-0.25, -0.2) is 0 Å². The molecule has 0 saturated carbocycles. The van der Waals surface area contributed by atoms with Gasteiger partial charge < -0.3 is 14.6 Å². The van der Waals surface area contributed by atoms with Gasteiger partial charge in [0.2, 0.25) is 5.91 Å². The van der Waals surface area contributed by atoms with Crippen LogP contribution in [0.5, 0.6) is 0 Å². The molecule has 0 bridgehead atoms. The second-order valence-corrected chi connectivity index (χ2v) is 8.03. The van der Waals surface area contributed by atoms with Crippen LogP contribution >= 0.6 is 0 Å². The average Bonchev–Trinajstić information content (AvgIpc) is 2.25. The van der Waals surface area contributed by atoms with Crippen LogP contribution in [0.3, 0.4) is 0 Å². The zero-order valence-corrected chi connectivity index (χ0v) is 15.0. The number of carbonyl (C=O) groups is 1. The molecular formula is C16H34BNO3. The summed E-state index contributed by atoms with van der Waals surface area (Å²) < 4.78 is 11.1. The van der Waals surface area contributed by atoms with Crippen molar-refractivity contribution >= 4 is 13.0 Å². The summed E-state index contributed by atoms with van der Waals surface area (Å²) in [5.74, 6) is 0.0427. The minimum Gasteiger partial charge on any atom is -0.411 e. The summed E-state index contributed by atoms with van der Waals surface area (Å²) in [5, 5.41) is 2.92. The number of hydrogen-bond acceptors (Lipinski definition) is 3. The molecule has 4 nitrogen and oxygen atoms in total. The SMILES string of the molecule is CB(OCCC(=O)NCCC(C)(C)C)OCCC(C)(C)C. The van der Waals surface area contributed by atoms with Crippen LogP contribution in [-0.2, 0) is 14.1 Å². The van der Waals surface area contributed by atoms with Crippen molar-refractivity contribution in [3.63, 3.8) is 0 Å². The molecule has 0 aromatic carbocycles. The predicted molar refractivity (Wildman–Crippen MR) is 89.3 cm³/mol. The molecule has 0 aliphatic rings. The molecule has 0 saturated heterocycles. The van der Waals surface area contributed by atoms with Gasteiger partial charge in [0.05, 0.1) is 0 Å². The van der Waals surface area contributed by atoms with Crippen LogP contribution in [0, 0.1) is 10.8 Å². The van der Waals surface area contributed by atoms with Crippen LogP contribution < -0.4 is 5.32 Å². The Balaban J connectivity index is 3.58. The van der Waals surface area contributed by atoms with Crippen LogP contribution in [0.2, 0.25) is 6.82 Å². The molecule has 0 aliphatic carbocycles. The monoisotopic (exact) mass is 299 g/mol. The summed E-state index contributed by atoms with van der Waals surface area (Å²) in [6.45, 7) is 16.7. The Morgan fingerprint density at radius 1 is 0.952 bits per heavy atom. The Hall–Kier alpha value is -0.545. The van der Waals surface area contributed by atoms with Gasteiger partial charge in [-0.3, -0.25) is 4.79 Å². The molecule has 1 N–H and O–H groups in total.